The van der Waals surface area contributed by atoms with Crippen LogP contribution in [-0.2, 0) is 10.0 Å². The molecule has 0 saturated heterocycles. The van der Waals surface area contributed by atoms with Crippen LogP contribution in [0.2, 0.25) is 0 Å². The summed E-state index contributed by atoms with van der Waals surface area (Å²) >= 11 is 0. The summed E-state index contributed by atoms with van der Waals surface area (Å²) in [5, 5.41) is 9.81. The van der Waals surface area contributed by atoms with Crippen molar-refractivity contribution in [2.24, 2.45) is 0 Å². The first-order chi connectivity index (χ1) is 12.2. The molecule has 0 aromatic heterocycles. The third-order valence-electron chi connectivity index (χ3n) is 3.64. The summed E-state index contributed by atoms with van der Waals surface area (Å²) in [6.45, 7) is 0. The SMILES string of the molecule is O=C(O)c1c(NS(=O)(=O)c2ccc(F)c(F)c2)ccc2ccc(F)cc12. The quantitative estimate of drug-likeness (QED) is 0.721. The Morgan fingerprint density at radius 1 is 0.923 bits per heavy atom. The van der Waals surface area contributed by atoms with Gasteiger partial charge in [-0.3, -0.25) is 4.72 Å². The summed E-state index contributed by atoms with van der Waals surface area (Å²) in [6.07, 6.45) is 0. The zero-order chi connectivity index (χ0) is 19.1. The molecule has 0 amide bonds. The van der Waals surface area contributed by atoms with Gasteiger partial charge < -0.3 is 5.11 Å². The summed E-state index contributed by atoms with van der Waals surface area (Å²) in [4.78, 5) is 11.0. The first-order valence-electron chi connectivity index (χ1n) is 7.12. The Morgan fingerprint density at radius 3 is 2.27 bits per heavy atom. The van der Waals surface area contributed by atoms with E-state index in [1.165, 1.54) is 18.2 Å². The fourth-order valence-electron chi connectivity index (χ4n) is 2.46. The highest BCUT2D eigenvalue weighted by Gasteiger charge is 2.22. The smallest absolute Gasteiger partial charge is 0.338 e. The molecule has 0 radical (unpaired) electrons. The van der Waals surface area contributed by atoms with Gasteiger partial charge in [-0.2, -0.15) is 0 Å². The average Bonchev–Trinajstić information content (AvgIpc) is 2.56. The highest BCUT2D eigenvalue weighted by molar-refractivity contribution is 7.92. The maximum absolute atomic E-state index is 13.5. The van der Waals surface area contributed by atoms with Gasteiger partial charge in [-0.25, -0.2) is 26.4 Å². The predicted molar refractivity (Wildman–Crippen MR) is 88.0 cm³/mol. The number of anilines is 1. The number of carbonyl (C=O) groups is 1. The van der Waals surface area contributed by atoms with E-state index in [1.807, 2.05) is 4.72 Å². The van der Waals surface area contributed by atoms with Gasteiger partial charge in [-0.05, 0) is 41.8 Å². The number of hydrogen-bond acceptors (Lipinski definition) is 3. The van der Waals surface area contributed by atoms with Gasteiger partial charge in [0.2, 0.25) is 0 Å². The number of rotatable bonds is 4. The summed E-state index contributed by atoms with van der Waals surface area (Å²) in [5.41, 5.74) is -0.798. The molecule has 134 valence electrons. The summed E-state index contributed by atoms with van der Waals surface area (Å²) in [6, 6.07) is 8.00. The average molecular weight is 381 g/mol. The minimum atomic E-state index is -4.40. The number of carboxylic acids is 1. The van der Waals surface area contributed by atoms with Gasteiger partial charge in [-0.15, -0.1) is 0 Å². The maximum atomic E-state index is 13.5. The van der Waals surface area contributed by atoms with Gasteiger partial charge in [0.1, 0.15) is 5.82 Å². The second-order valence-electron chi connectivity index (χ2n) is 5.34. The highest BCUT2D eigenvalue weighted by Crippen LogP contribution is 2.29. The molecule has 2 N–H and O–H groups in total. The number of carboxylic acid groups (broad SMARTS) is 1. The number of sulfonamides is 1. The van der Waals surface area contributed by atoms with Gasteiger partial charge in [0.05, 0.1) is 16.1 Å². The van der Waals surface area contributed by atoms with Crippen molar-refractivity contribution in [3.63, 3.8) is 0 Å². The third-order valence-corrected chi connectivity index (χ3v) is 5.01. The van der Waals surface area contributed by atoms with Crippen LogP contribution in [0.4, 0.5) is 18.9 Å². The van der Waals surface area contributed by atoms with E-state index in [2.05, 4.69) is 0 Å². The van der Waals surface area contributed by atoms with Crippen molar-refractivity contribution in [1.29, 1.82) is 0 Å². The number of hydrogen-bond donors (Lipinski definition) is 2. The number of nitrogens with one attached hydrogen (secondary N) is 1. The Morgan fingerprint density at radius 2 is 1.62 bits per heavy atom. The number of benzene rings is 3. The van der Waals surface area contributed by atoms with Crippen LogP contribution in [0.3, 0.4) is 0 Å². The Balaban J connectivity index is 2.14. The van der Waals surface area contributed by atoms with Crippen LogP contribution < -0.4 is 4.72 Å². The molecular weight excluding hydrogens is 371 g/mol. The molecule has 5 nitrogen and oxygen atoms in total. The van der Waals surface area contributed by atoms with E-state index in [9.17, 15) is 31.5 Å². The van der Waals surface area contributed by atoms with E-state index in [1.54, 1.807) is 0 Å². The van der Waals surface area contributed by atoms with Crippen LogP contribution in [0.1, 0.15) is 10.4 Å². The second-order valence-corrected chi connectivity index (χ2v) is 7.02. The largest absolute Gasteiger partial charge is 0.478 e. The molecule has 0 fully saturated rings. The lowest BCUT2D eigenvalue weighted by Gasteiger charge is -2.13. The molecule has 3 aromatic rings. The minimum Gasteiger partial charge on any atom is -0.478 e. The molecule has 0 saturated carbocycles. The molecule has 26 heavy (non-hydrogen) atoms. The van der Waals surface area contributed by atoms with Gasteiger partial charge in [-0.1, -0.05) is 12.1 Å². The number of aromatic carboxylic acids is 1. The van der Waals surface area contributed by atoms with E-state index in [4.69, 9.17) is 0 Å². The second kappa shape index (κ2) is 6.34. The zero-order valence-corrected chi connectivity index (χ0v) is 13.6. The number of fused-ring (bicyclic) bond motifs is 1. The summed E-state index contributed by atoms with van der Waals surface area (Å²) in [7, 11) is -4.40. The van der Waals surface area contributed by atoms with Crippen molar-refractivity contribution in [3.05, 3.63) is 71.5 Å². The van der Waals surface area contributed by atoms with E-state index >= 15 is 0 Å². The minimum absolute atomic E-state index is 0.0111. The van der Waals surface area contributed by atoms with Crippen LogP contribution in [0.5, 0.6) is 0 Å². The van der Waals surface area contributed by atoms with Crippen molar-refractivity contribution in [1.82, 2.24) is 0 Å². The zero-order valence-electron chi connectivity index (χ0n) is 12.8. The van der Waals surface area contributed by atoms with Crippen LogP contribution in [0.15, 0.2) is 53.4 Å². The fourth-order valence-corrected chi connectivity index (χ4v) is 3.54. The van der Waals surface area contributed by atoms with Gasteiger partial charge >= 0.3 is 5.97 Å². The van der Waals surface area contributed by atoms with Crippen LogP contribution >= 0.6 is 0 Å². The fraction of sp³-hybridized carbons (Fsp3) is 0. The van der Waals surface area contributed by atoms with E-state index in [-0.39, 0.29) is 11.1 Å². The van der Waals surface area contributed by atoms with Crippen molar-refractivity contribution in [3.8, 4) is 0 Å². The molecule has 0 atom stereocenters. The lowest BCUT2D eigenvalue weighted by molar-refractivity contribution is 0.0700. The highest BCUT2D eigenvalue weighted by atomic mass is 32.2. The van der Waals surface area contributed by atoms with Gasteiger partial charge in [0.25, 0.3) is 10.0 Å². The maximum Gasteiger partial charge on any atom is 0.338 e. The normalized spacial score (nSPS) is 11.5. The molecule has 3 aromatic carbocycles. The van der Waals surface area contributed by atoms with Crippen molar-refractivity contribution in [2.75, 3.05) is 4.72 Å². The third kappa shape index (κ3) is 3.21. The Hall–Kier alpha value is -3.07. The van der Waals surface area contributed by atoms with Crippen molar-refractivity contribution in [2.45, 2.75) is 4.90 Å². The molecule has 0 heterocycles. The van der Waals surface area contributed by atoms with Crippen LogP contribution in [0.25, 0.3) is 10.8 Å². The molecule has 0 aliphatic carbocycles. The first-order valence-corrected chi connectivity index (χ1v) is 8.61. The summed E-state index contributed by atoms with van der Waals surface area (Å²) in [5.74, 6) is -4.77. The van der Waals surface area contributed by atoms with E-state index < -0.39 is 43.9 Å². The molecule has 0 spiro atoms. The number of halogens is 3. The van der Waals surface area contributed by atoms with Crippen molar-refractivity contribution >= 4 is 32.5 Å². The topological polar surface area (TPSA) is 83.5 Å². The molecule has 0 aliphatic rings. The van der Waals surface area contributed by atoms with E-state index in [0.29, 0.717) is 17.5 Å². The van der Waals surface area contributed by atoms with Crippen LogP contribution in [-0.4, -0.2) is 19.5 Å². The molecular formula is C17H10F3NO4S. The van der Waals surface area contributed by atoms with Gasteiger partial charge in [0, 0.05) is 5.39 Å². The van der Waals surface area contributed by atoms with Gasteiger partial charge in [0.15, 0.2) is 11.6 Å². The Kier molecular flexibility index (Phi) is 4.33. The summed E-state index contributed by atoms with van der Waals surface area (Å²) < 4.78 is 66.6. The standard InChI is InChI=1S/C17H10F3NO4S/c18-10-3-1-9-2-6-15(16(17(22)23)12(9)7-10)21-26(24,25)11-4-5-13(19)14(20)8-11/h1-8,21H,(H,22,23). The Labute approximate surface area is 145 Å². The molecule has 3 rings (SSSR count). The molecule has 0 aliphatic heterocycles. The predicted octanol–water partition coefficient (Wildman–Crippen LogP) is 3.76. The monoisotopic (exact) mass is 381 g/mol. The van der Waals surface area contributed by atoms with E-state index in [0.717, 1.165) is 18.2 Å². The lowest BCUT2D eigenvalue weighted by Crippen LogP contribution is -2.16. The Bertz CT molecular complexity index is 1150. The molecule has 0 unspecified atom stereocenters. The molecule has 9 heteroatoms. The van der Waals surface area contributed by atoms with Crippen LogP contribution in [0, 0.1) is 17.5 Å². The van der Waals surface area contributed by atoms with Crippen molar-refractivity contribution < 1.29 is 31.5 Å². The molecule has 0 bridgehead atoms. The lowest BCUT2D eigenvalue weighted by atomic mass is 10.0. The first kappa shape index (κ1) is 17.7.